The third-order valence-corrected chi connectivity index (χ3v) is 2.81. The van der Waals surface area contributed by atoms with E-state index in [1.165, 1.54) is 0 Å². The van der Waals surface area contributed by atoms with Crippen LogP contribution in [0.15, 0.2) is 0 Å². The molecular formula is C7H13FN+. The molecule has 3 rings (SSSR count). The average molecular weight is 130 g/mol. The molecule has 1 nitrogen and oxygen atoms in total. The van der Waals surface area contributed by atoms with E-state index in [1.54, 1.807) is 0 Å². The largest absolute Gasteiger partial charge is 0.130 e. The molecule has 0 aromatic heterocycles. The van der Waals surface area contributed by atoms with Crippen LogP contribution in [0.3, 0.4) is 0 Å². The van der Waals surface area contributed by atoms with Gasteiger partial charge in [-0.1, -0.05) is 0 Å². The Morgan fingerprint density at radius 3 is 1.67 bits per heavy atom. The Morgan fingerprint density at radius 2 is 1.44 bits per heavy atom. The van der Waals surface area contributed by atoms with Crippen molar-refractivity contribution in [1.82, 2.24) is 0 Å². The van der Waals surface area contributed by atoms with Crippen molar-refractivity contribution in [3.63, 3.8) is 0 Å². The molecular weight excluding hydrogens is 117 g/mol. The molecule has 0 spiro atoms. The van der Waals surface area contributed by atoms with E-state index in [9.17, 15) is 4.48 Å². The van der Waals surface area contributed by atoms with Crippen LogP contribution in [-0.2, 0) is 0 Å². The molecule has 3 aliphatic rings. The van der Waals surface area contributed by atoms with Gasteiger partial charge in [0.25, 0.3) is 0 Å². The topological polar surface area (TPSA) is 0 Å². The third kappa shape index (κ3) is 0.855. The van der Waals surface area contributed by atoms with Crippen LogP contribution in [0.25, 0.3) is 0 Å². The smallest absolute Gasteiger partial charge is 0.115 e. The lowest BCUT2D eigenvalue weighted by Gasteiger charge is -2.39. The summed E-state index contributed by atoms with van der Waals surface area (Å²) >= 11 is 0. The number of nitrogens with zero attached hydrogens (tertiary/aromatic N) is 1. The Morgan fingerprint density at radius 1 is 1.00 bits per heavy atom. The molecule has 0 radical (unpaired) electrons. The fraction of sp³-hybridized carbons (Fsp3) is 1.00. The van der Waals surface area contributed by atoms with Gasteiger partial charge in [0.1, 0.15) is 19.6 Å². The van der Waals surface area contributed by atoms with Gasteiger partial charge in [-0.2, -0.15) is 0 Å². The molecule has 0 aromatic rings. The lowest BCUT2D eigenvalue weighted by molar-refractivity contribution is -1.07. The summed E-state index contributed by atoms with van der Waals surface area (Å²) in [5.74, 6) is 0.876. The fourth-order valence-electron chi connectivity index (χ4n) is 2.01. The van der Waals surface area contributed by atoms with Crippen molar-refractivity contribution in [2.45, 2.75) is 19.3 Å². The van der Waals surface area contributed by atoms with Crippen LogP contribution in [0, 0.1) is 5.92 Å². The zero-order chi connectivity index (χ0) is 6.32. The molecule has 52 valence electrons. The summed E-state index contributed by atoms with van der Waals surface area (Å²) in [6.45, 7) is 2.39. The summed E-state index contributed by atoms with van der Waals surface area (Å²) in [6.07, 6.45) is 3.41. The predicted molar refractivity (Wildman–Crippen MR) is 33.3 cm³/mol. The predicted octanol–water partition coefficient (Wildman–Crippen LogP) is 1.50. The lowest BCUT2D eigenvalue weighted by atomic mass is 9.88. The first-order valence-corrected chi connectivity index (χ1v) is 3.84. The van der Waals surface area contributed by atoms with Crippen LogP contribution < -0.4 is 0 Å². The standard InChI is InChI=1S/C7H13FN/c8-9-4-1-7(2-5-9)3-6-9/h7H,1-6H2/q+1. The number of halogens is 1. The number of fused-ring (bicyclic) bond motifs is 3. The summed E-state index contributed by atoms with van der Waals surface area (Å²) in [7, 11) is 0. The molecule has 9 heavy (non-hydrogen) atoms. The monoisotopic (exact) mass is 130 g/mol. The van der Waals surface area contributed by atoms with Crippen LogP contribution >= 0.6 is 0 Å². The Kier molecular flexibility index (Phi) is 1.06. The van der Waals surface area contributed by atoms with Gasteiger partial charge in [0.2, 0.25) is 0 Å². The Balaban J connectivity index is 2.11. The minimum atomic E-state index is -0.115. The summed E-state index contributed by atoms with van der Waals surface area (Å²) in [5, 5.41) is 0. The van der Waals surface area contributed by atoms with Crippen LogP contribution in [0.4, 0.5) is 4.48 Å². The van der Waals surface area contributed by atoms with Crippen molar-refractivity contribution in [1.29, 1.82) is 0 Å². The first kappa shape index (κ1) is 5.66. The van der Waals surface area contributed by atoms with E-state index in [0.717, 1.165) is 44.8 Å². The van der Waals surface area contributed by atoms with Crippen molar-refractivity contribution in [2.75, 3.05) is 19.6 Å². The highest BCUT2D eigenvalue weighted by Gasteiger charge is 2.40. The molecule has 0 unspecified atom stereocenters. The van der Waals surface area contributed by atoms with E-state index < -0.39 is 0 Å². The molecule has 0 atom stereocenters. The maximum Gasteiger partial charge on any atom is 0.115 e. The molecule has 0 amide bonds. The van der Waals surface area contributed by atoms with E-state index in [4.69, 9.17) is 0 Å². The van der Waals surface area contributed by atoms with Crippen molar-refractivity contribution in [2.24, 2.45) is 5.92 Å². The van der Waals surface area contributed by atoms with E-state index in [2.05, 4.69) is 0 Å². The van der Waals surface area contributed by atoms with E-state index in [-0.39, 0.29) is 4.71 Å². The van der Waals surface area contributed by atoms with Gasteiger partial charge in [0.15, 0.2) is 0 Å². The lowest BCUT2D eigenvalue weighted by Crippen LogP contribution is -2.52. The first-order chi connectivity index (χ1) is 4.29. The second-order valence-electron chi connectivity index (χ2n) is 3.43. The second kappa shape index (κ2) is 1.69. The Hall–Kier alpha value is -0.110. The van der Waals surface area contributed by atoms with Crippen molar-refractivity contribution >= 4 is 0 Å². The highest BCUT2D eigenvalue weighted by atomic mass is 19.2. The summed E-state index contributed by atoms with van der Waals surface area (Å²) in [6, 6.07) is 0. The van der Waals surface area contributed by atoms with Crippen LogP contribution in [0.5, 0.6) is 0 Å². The molecule has 0 saturated carbocycles. The molecule has 3 heterocycles. The number of hydrogen-bond acceptors (Lipinski definition) is 0. The highest BCUT2D eigenvalue weighted by molar-refractivity contribution is 4.68. The van der Waals surface area contributed by atoms with Crippen LogP contribution in [-0.4, -0.2) is 24.3 Å². The zero-order valence-electron chi connectivity index (χ0n) is 5.65. The highest BCUT2D eigenvalue weighted by Crippen LogP contribution is 2.33. The van der Waals surface area contributed by atoms with Gasteiger partial charge < -0.3 is 0 Å². The Labute approximate surface area is 55.0 Å². The van der Waals surface area contributed by atoms with Crippen molar-refractivity contribution in [3.05, 3.63) is 0 Å². The maximum absolute atomic E-state index is 13.3. The van der Waals surface area contributed by atoms with E-state index in [1.807, 2.05) is 0 Å². The summed E-state index contributed by atoms with van der Waals surface area (Å²) < 4.78 is 13.2. The van der Waals surface area contributed by atoms with Gasteiger partial charge >= 0.3 is 0 Å². The Bertz CT molecular complexity index is 102. The van der Waals surface area contributed by atoms with Gasteiger partial charge in [-0.3, -0.25) is 0 Å². The first-order valence-electron chi connectivity index (χ1n) is 3.84. The van der Waals surface area contributed by atoms with Gasteiger partial charge in [0.05, 0.1) is 0 Å². The second-order valence-corrected chi connectivity index (χ2v) is 3.43. The molecule has 0 aromatic carbocycles. The van der Waals surface area contributed by atoms with E-state index >= 15 is 0 Å². The normalized spacial score (nSPS) is 49.7. The molecule has 0 N–H and O–H groups in total. The number of rotatable bonds is 0. The number of piperidine rings is 3. The molecule has 3 saturated heterocycles. The van der Waals surface area contributed by atoms with Gasteiger partial charge in [-0.05, 0) is 10.4 Å². The van der Waals surface area contributed by atoms with Crippen LogP contribution in [0.1, 0.15) is 19.3 Å². The van der Waals surface area contributed by atoms with E-state index in [0.29, 0.717) is 0 Å². The quantitative estimate of drug-likeness (QED) is 0.436. The minimum Gasteiger partial charge on any atom is -0.130 e. The minimum absolute atomic E-state index is 0.115. The van der Waals surface area contributed by atoms with Crippen molar-refractivity contribution in [3.8, 4) is 0 Å². The van der Waals surface area contributed by atoms with Crippen molar-refractivity contribution < 1.29 is 9.19 Å². The fourth-order valence-corrected chi connectivity index (χ4v) is 2.01. The molecule has 2 bridgehead atoms. The molecule has 0 aliphatic carbocycles. The SMILES string of the molecule is F[N+]12CCC(CC1)CC2. The van der Waals surface area contributed by atoms with Gasteiger partial charge in [0, 0.05) is 19.3 Å². The molecule has 3 fully saturated rings. The zero-order valence-corrected chi connectivity index (χ0v) is 5.65. The molecule has 2 heteroatoms. The third-order valence-electron chi connectivity index (χ3n) is 2.81. The van der Waals surface area contributed by atoms with Gasteiger partial charge in [-0.25, -0.2) is 0 Å². The number of quaternary nitrogens is 1. The summed E-state index contributed by atoms with van der Waals surface area (Å²) in [4.78, 5) is 0. The summed E-state index contributed by atoms with van der Waals surface area (Å²) in [5.41, 5.74) is 0. The molecule has 3 aliphatic heterocycles. The average Bonchev–Trinajstić information content (AvgIpc) is 1.90. The van der Waals surface area contributed by atoms with Gasteiger partial charge in [-0.15, -0.1) is 4.71 Å². The maximum atomic E-state index is 13.3. The number of hydrogen-bond donors (Lipinski definition) is 0. The van der Waals surface area contributed by atoms with Crippen LogP contribution in [0.2, 0.25) is 0 Å².